The number of esters is 2. The number of aryl methyl sites for hydroxylation is 1. The van der Waals surface area contributed by atoms with Crippen molar-refractivity contribution in [3.8, 4) is 5.69 Å². The number of carbonyl (C=O) groups excluding carboxylic acids is 2. The fourth-order valence-electron chi connectivity index (χ4n) is 2.81. The van der Waals surface area contributed by atoms with Crippen LogP contribution >= 0.6 is 11.6 Å². The van der Waals surface area contributed by atoms with Gasteiger partial charge in [0, 0.05) is 12.4 Å². The molecule has 7 nitrogen and oxygen atoms in total. The van der Waals surface area contributed by atoms with Crippen LogP contribution in [0.1, 0.15) is 5.56 Å². The van der Waals surface area contributed by atoms with Gasteiger partial charge in [-0.2, -0.15) is 5.10 Å². The topological polar surface area (TPSA) is 73.7 Å². The highest BCUT2D eigenvalue weighted by Crippen LogP contribution is 2.35. The van der Waals surface area contributed by atoms with E-state index in [4.69, 9.17) is 21.1 Å². The van der Waals surface area contributed by atoms with Crippen molar-refractivity contribution >= 4 is 29.2 Å². The molecule has 0 saturated heterocycles. The number of para-hydroxylation sites is 1. The number of allylic oxidation sites excluding steroid dienone is 2. The largest absolute Gasteiger partial charge is 0.465 e. The Labute approximate surface area is 167 Å². The van der Waals surface area contributed by atoms with Gasteiger partial charge in [0.15, 0.2) is 0 Å². The molecule has 0 bridgehead atoms. The smallest absolute Gasteiger partial charge is 0.355 e. The molecule has 1 aliphatic rings. The average molecular weight is 400 g/mol. The quantitative estimate of drug-likeness (QED) is 0.734. The Morgan fingerprint density at radius 3 is 2.50 bits per heavy atom. The second-order valence-electron chi connectivity index (χ2n) is 5.89. The summed E-state index contributed by atoms with van der Waals surface area (Å²) in [5, 5.41) is 4.75. The van der Waals surface area contributed by atoms with Gasteiger partial charge in [-0.15, -0.1) is 0 Å². The molecule has 0 N–H and O–H groups in total. The molecular formula is C20H18ClN3O4. The van der Waals surface area contributed by atoms with E-state index < -0.39 is 11.9 Å². The van der Waals surface area contributed by atoms with Crippen molar-refractivity contribution in [1.29, 1.82) is 0 Å². The van der Waals surface area contributed by atoms with Crippen LogP contribution in [-0.2, 0) is 19.1 Å². The molecule has 0 radical (unpaired) electrons. The van der Waals surface area contributed by atoms with Crippen LogP contribution in [0.2, 0.25) is 5.02 Å². The molecule has 0 atom stereocenters. The van der Waals surface area contributed by atoms with E-state index in [9.17, 15) is 9.59 Å². The van der Waals surface area contributed by atoms with E-state index in [0.717, 1.165) is 5.56 Å². The number of nitrogens with zero attached hydrogens (tertiary/aromatic N) is 3. The Morgan fingerprint density at radius 2 is 1.86 bits per heavy atom. The molecule has 144 valence electrons. The van der Waals surface area contributed by atoms with Gasteiger partial charge in [-0.25, -0.2) is 14.3 Å². The van der Waals surface area contributed by atoms with E-state index in [-0.39, 0.29) is 11.3 Å². The van der Waals surface area contributed by atoms with Crippen LogP contribution in [0.3, 0.4) is 0 Å². The van der Waals surface area contributed by atoms with Crippen molar-refractivity contribution in [2.24, 2.45) is 0 Å². The average Bonchev–Trinajstić information content (AvgIpc) is 3.00. The Morgan fingerprint density at radius 1 is 1.11 bits per heavy atom. The van der Waals surface area contributed by atoms with E-state index in [0.29, 0.717) is 16.4 Å². The molecule has 28 heavy (non-hydrogen) atoms. The zero-order valence-corrected chi connectivity index (χ0v) is 16.3. The maximum Gasteiger partial charge on any atom is 0.355 e. The molecule has 8 heteroatoms. The van der Waals surface area contributed by atoms with Crippen LogP contribution in [0.25, 0.3) is 5.69 Å². The maximum atomic E-state index is 12.6. The number of carbonyl (C=O) groups is 2. The summed E-state index contributed by atoms with van der Waals surface area (Å²) in [7, 11) is 2.49. The van der Waals surface area contributed by atoms with Crippen molar-refractivity contribution < 1.29 is 19.1 Å². The lowest BCUT2D eigenvalue weighted by atomic mass is 10.1. The highest BCUT2D eigenvalue weighted by atomic mass is 35.5. The summed E-state index contributed by atoms with van der Waals surface area (Å²) in [4.78, 5) is 26.5. The molecule has 0 fully saturated rings. The normalized spacial score (nSPS) is 13.5. The summed E-state index contributed by atoms with van der Waals surface area (Å²) in [6.45, 7) is 1.91. The first kappa shape index (κ1) is 19.4. The minimum atomic E-state index is -0.695. The number of rotatable bonds is 4. The molecule has 2 aromatic rings. The molecule has 1 aromatic heterocycles. The van der Waals surface area contributed by atoms with Crippen LogP contribution in [0.15, 0.2) is 66.3 Å². The third-order valence-corrected chi connectivity index (χ3v) is 4.36. The Bertz CT molecular complexity index is 1020. The van der Waals surface area contributed by atoms with Crippen molar-refractivity contribution in [3.63, 3.8) is 0 Å². The zero-order chi connectivity index (χ0) is 20.3. The van der Waals surface area contributed by atoms with Crippen molar-refractivity contribution in [2.75, 3.05) is 19.1 Å². The van der Waals surface area contributed by atoms with Gasteiger partial charge in [0.2, 0.25) is 0 Å². The van der Waals surface area contributed by atoms with Crippen LogP contribution in [0.5, 0.6) is 0 Å². The second-order valence-corrected chi connectivity index (χ2v) is 6.29. The predicted octanol–water partition coefficient (Wildman–Crippen LogP) is 3.32. The molecule has 0 saturated carbocycles. The fraction of sp³-hybridized carbons (Fsp3) is 0.150. The molecule has 0 aliphatic carbocycles. The number of hydrogen-bond donors (Lipinski definition) is 0. The van der Waals surface area contributed by atoms with Gasteiger partial charge in [0.05, 0.1) is 36.7 Å². The van der Waals surface area contributed by atoms with Gasteiger partial charge in [0.1, 0.15) is 11.4 Å². The molecule has 3 rings (SSSR count). The summed E-state index contributed by atoms with van der Waals surface area (Å²) in [5.41, 5.74) is 2.10. The number of hydrogen-bond acceptors (Lipinski definition) is 6. The molecular weight excluding hydrogens is 382 g/mol. The Kier molecular flexibility index (Phi) is 5.65. The van der Waals surface area contributed by atoms with E-state index in [1.807, 2.05) is 13.1 Å². The van der Waals surface area contributed by atoms with Crippen LogP contribution in [0.4, 0.5) is 5.69 Å². The maximum absolute atomic E-state index is 12.6. The molecule has 0 amide bonds. The highest BCUT2D eigenvalue weighted by Gasteiger charge is 2.29. The third-order valence-electron chi connectivity index (χ3n) is 4.06. The second kappa shape index (κ2) is 8.14. The monoisotopic (exact) mass is 399 g/mol. The summed E-state index contributed by atoms with van der Waals surface area (Å²) in [6, 6.07) is 5.24. The number of ether oxygens (including phenoxy) is 2. The van der Waals surface area contributed by atoms with Crippen LogP contribution < -0.4 is 4.90 Å². The summed E-state index contributed by atoms with van der Waals surface area (Å²) in [5.74, 6) is -1.36. The number of benzene rings is 1. The van der Waals surface area contributed by atoms with Gasteiger partial charge in [0.25, 0.3) is 0 Å². The minimum absolute atomic E-state index is 0.00625. The molecule has 0 unspecified atom stereocenters. The molecule has 1 aliphatic heterocycles. The van der Waals surface area contributed by atoms with Crippen molar-refractivity contribution in [3.05, 3.63) is 76.9 Å². The van der Waals surface area contributed by atoms with Gasteiger partial charge >= 0.3 is 11.9 Å². The molecule has 1 aromatic carbocycles. The zero-order valence-electron chi connectivity index (χ0n) is 15.5. The Balaban J connectivity index is 2.28. The first-order valence-corrected chi connectivity index (χ1v) is 8.71. The van der Waals surface area contributed by atoms with Gasteiger partial charge in [-0.05, 0) is 36.8 Å². The number of anilines is 1. The third kappa shape index (κ3) is 3.57. The standard InChI is InChI=1S/C20H18ClN3O4/c1-13-11-22-24(12-13)18-15(21)8-6-9-16(18)23-10-5-4-7-14(19(25)27-2)17(23)20(26)28-3/h4-12H,1-3H3. The first-order valence-electron chi connectivity index (χ1n) is 8.33. The highest BCUT2D eigenvalue weighted by molar-refractivity contribution is 6.33. The van der Waals surface area contributed by atoms with E-state index in [1.165, 1.54) is 25.2 Å². The molecule has 2 heterocycles. The SMILES string of the molecule is COC(=O)C1=C(C(=O)OC)N(c2cccc(Cl)c2-n2cc(C)cn2)C=CC=C1. The lowest BCUT2D eigenvalue weighted by Crippen LogP contribution is -2.27. The predicted molar refractivity (Wildman–Crippen MR) is 105 cm³/mol. The number of methoxy groups -OCH3 is 2. The van der Waals surface area contributed by atoms with E-state index in [1.54, 1.807) is 47.4 Å². The summed E-state index contributed by atoms with van der Waals surface area (Å²) in [6.07, 6.45) is 9.98. The van der Waals surface area contributed by atoms with Crippen molar-refractivity contribution in [2.45, 2.75) is 6.92 Å². The van der Waals surface area contributed by atoms with Gasteiger partial charge in [-0.1, -0.05) is 23.7 Å². The van der Waals surface area contributed by atoms with Crippen LogP contribution in [0, 0.1) is 6.92 Å². The van der Waals surface area contributed by atoms with Gasteiger partial charge < -0.3 is 14.4 Å². The van der Waals surface area contributed by atoms with Crippen LogP contribution in [-0.4, -0.2) is 35.9 Å². The number of aromatic nitrogens is 2. The molecule has 0 spiro atoms. The number of halogens is 1. The van der Waals surface area contributed by atoms with E-state index >= 15 is 0 Å². The summed E-state index contributed by atoms with van der Waals surface area (Å²) < 4.78 is 11.4. The lowest BCUT2D eigenvalue weighted by molar-refractivity contribution is -0.139. The first-order chi connectivity index (χ1) is 13.5. The van der Waals surface area contributed by atoms with E-state index in [2.05, 4.69) is 5.10 Å². The Hall–Kier alpha value is -3.32. The fourth-order valence-corrected chi connectivity index (χ4v) is 3.07. The summed E-state index contributed by atoms with van der Waals surface area (Å²) >= 11 is 6.47. The lowest BCUT2D eigenvalue weighted by Gasteiger charge is -2.25. The minimum Gasteiger partial charge on any atom is -0.465 e. The van der Waals surface area contributed by atoms with Crippen molar-refractivity contribution in [1.82, 2.24) is 9.78 Å². The van der Waals surface area contributed by atoms with Gasteiger partial charge in [-0.3, -0.25) is 0 Å².